The number of nitrogen functional groups attached to an aromatic ring is 1. The Kier molecular flexibility index (Phi) is 2.68. The molecule has 2 N–H and O–H groups in total. The van der Waals surface area contributed by atoms with Gasteiger partial charge in [0, 0.05) is 36.0 Å². The number of anilines is 1. The standard InChI is InChI=1S/C12H11N5O2S/c1-20(18,19)11-10-9(8-3-2-4-14-5-8)6-15-12(13)17(10)7-16-11/h2-7H,1H3,(H2,13,15). The molecule has 0 bridgehead atoms. The fourth-order valence-corrected chi connectivity index (χ4v) is 2.81. The highest BCUT2D eigenvalue weighted by Gasteiger charge is 2.20. The van der Waals surface area contributed by atoms with Crippen molar-refractivity contribution in [1.82, 2.24) is 19.4 Å². The van der Waals surface area contributed by atoms with E-state index in [0.717, 1.165) is 11.8 Å². The second kappa shape index (κ2) is 4.27. The molecule has 0 fully saturated rings. The summed E-state index contributed by atoms with van der Waals surface area (Å²) in [5, 5.41) is -0.0227. The number of rotatable bonds is 2. The number of hydrogen-bond acceptors (Lipinski definition) is 6. The minimum Gasteiger partial charge on any atom is -0.369 e. The van der Waals surface area contributed by atoms with Crippen LogP contribution in [0.2, 0.25) is 0 Å². The van der Waals surface area contributed by atoms with E-state index in [2.05, 4.69) is 15.0 Å². The average Bonchev–Trinajstić information content (AvgIpc) is 2.86. The molecule has 3 rings (SSSR count). The lowest BCUT2D eigenvalue weighted by molar-refractivity contribution is 0.600. The van der Waals surface area contributed by atoms with Gasteiger partial charge in [-0.05, 0) is 6.07 Å². The largest absolute Gasteiger partial charge is 0.369 e. The highest BCUT2D eigenvalue weighted by Crippen LogP contribution is 2.28. The number of sulfone groups is 1. The van der Waals surface area contributed by atoms with Crippen molar-refractivity contribution in [3.63, 3.8) is 0 Å². The van der Waals surface area contributed by atoms with Crippen LogP contribution in [0.4, 0.5) is 5.95 Å². The fourth-order valence-electron chi connectivity index (χ4n) is 2.01. The summed E-state index contributed by atoms with van der Waals surface area (Å²) in [4.78, 5) is 12.0. The SMILES string of the molecule is CS(=O)(=O)c1ncn2c(N)ncc(-c3cccnc3)c12. The second-order valence-corrected chi connectivity index (χ2v) is 6.24. The number of pyridine rings is 1. The van der Waals surface area contributed by atoms with E-state index in [0.29, 0.717) is 11.1 Å². The number of aromatic nitrogens is 4. The van der Waals surface area contributed by atoms with Gasteiger partial charge in [-0.2, -0.15) is 0 Å². The van der Waals surface area contributed by atoms with Crippen molar-refractivity contribution in [2.24, 2.45) is 0 Å². The first-order chi connectivity index (χ1) is 9.48. The lowest BCUT2D eigenvalue weighted by Gasteiger charge is -2.07. The number of nitrogens with zero attached hydrogens (tertiary/aromatic N) is 4. The average molecular weight is 289 g/mol. The molecule has 3 aromatic rings. The normalized spacial score (nSPS) is 11.8. The molecule has 0 aliphatic carbocycles. The molecule has 102 valence electrons. The molecule has 20 heavy (non-hydrogen) atoms. The zero-order valence-electron chi connectivity index (χ0n) is 10.6. The third-order valence-corrected chi connectivity index (χ3v) is 3.89. The molecule has 8 heteroatoms. The topological polar surface area (TPSA) is 103 Å². The van der Waals surface area contributed by atoms with Gasteiger partial charge in [0.2, 0.25) is 5.95 Å². The lowest BCUT2D eigenvalue weighted by atomic mass is 10.1. The van der Waals surface area contributed by atoms with Crippen molar-refractivity contribution in [2.75, 3.05) is 12.0 Å². The van der Waals surface area contributed by atoms with E-state index in [4.69, 9.17) is 5.73 Å². The predicted molar refractivity (Wildman–Crippen MR) is 73.7 cm³/mol. The van der Waals surface area contributed by atoms with Crippen LogP contribution < -0.4 is 5.73 Å². The second-order valence-electron chi connectivity index (χ2n) is 4.31. The highest BCUT2D eigenvalue weighted by molar-refractivity contribution is 7.90. The Labute approximate surface area is 115 Å². The lowest BCUT2D eigenvalue weighted by Crippen LogP contribution is -2.03. The summed E-state index contributed by atoms with van der Waals surface area (Å²) in [6.45, 7) is 0. The molecular formula is C12H11N5O2S. The van der Waals surface area contributed by atoms with Crippen molar-refractivity contribution in [3.8, 4) is 11.1 Å². The Morgan fingerprint density at radius 1 is 1.25 bits per heavy atom. The van der Waals surface area contributed by atoms with Gasteiger partial charge in [-0.1, -0.05) is 6.07 Å². The summed E-state index contributed by atoms with van der Waals surface area (Å²) < 4.78 is 25.2. The van der Waals surface area contributed by atoms with E-state index >= 15 is 0 Å². The van der Waals surface area contributed by atoms with Gasteiger partial charge in [0.1, 0.15) is 6.33 Å². The predicted octanol–water partition coefficient (Wildman–Crippen LogP) is 0.777. The maximum Gasteiger partial charge on any atom is 0.206 e. The summed E-state index contributed by atoms with van der Waals surface area (Å²) >= 11 is 0. The zero-order valence-corrected chi connectivity index (χ0v) is 11.4. The van der Waals surface area contributed by atoms with Crippen LogP contribution in [-0.2, 0) is 9.84 Å². The number of imidazole rings is 1. The Morgan fingerprint density at radius 3 is 2.70 bits per heavy atom. The summed E-state index contributed by atoms with van der Waals surface area (Å²) in [6, 6.07) is 3.58. The van der Waals surface area contributed by atoms with Gasteiger partial charge < -0.3 is 5.73 Å². The Hall–Kier alpha value is -2.48. The molecular weight excluding hydrogens is 278 g/mol. The monoisotopic (exact) mass is 289 g/mol. The van der Waals surface area contributed by atoms with Crippen LogP contribution in [0.3, 0.4) is 0 Å². The number of fused-ring (bicyclic) bond motifs is 1. The molecule has 7 nitrogen and oxygen atoms in total. The first-order valence-electron chi connectivity index (χ1n) is 5.70. The van der Waals surface area contributed by atoms with Gasteiger partial charge in [0.05, 0.1) is 5.52 Å². The first-order valence-corrected chi connectivity index (χ1v) is 7.59. The summed E-state index contributed by atoms with van der Waals surface area (Å²) in [5.41, 5.74) is 7.53. The minimum absolute atomic E-state index is 0.0227. The maximum absolute atomic E-state index is 11.9. The van der Waals surface area contributed by atoms with E-state index in [1.54, 1.807) is 18.5 Å². The Balaban J connectivity index is 2.45. The van der Waals surface area contributed by atoms with Crippen LogP contribution in [0.5, 0.6) is 0 Å². The van der Waals surface area contributed by atoms with Gasteiger partial charge in [-0.3, -0.25) is 9.38 Å². The van der Waals surface area contributed by atoms with Gasteiger partial charge in [0.25, 0.3) is 0 Å². The first kappa shape index (κ1) is 12.5. The third-order valence-electron chi connectivity index (χ3n) is 2.89. The van der Waals surface area contributed by atoms with Crippen molar-refractivity contribution in [2.45, 2.75) is 5.03 Å². The molecule has 3 heterocycles. The van der Waals surface area contributed by atoms with Gasteiger partial charge in [-0.15, -0.1) is 0 Å². The summed E-state index contributed by atoms with van der Waals surface area (Å²) in [5.74, 6) is 0.176. The molecule has 0 atom stereocenters. The maximum atomic E-state index is 11.9. The quantitative estimate of drug-likeness (QED) is 0.747. The van der Waals surface area contributed by atoms with Gasteiger partial charge in [0.15, 0.2) is 14.9 Å². The Morgan fingerprint density at radius 2 is 2.05 bits per heavy atom. The van der Waals surface area contributed by atoms with E-state index in [1.807, 2.05) is 6.07 Å². The molecule has 3 aromatic heterocycles. The number of nitrogens with two attached hydrogens (primary N) is 1. The van der Waals surface area contributed by atoms with Crippen LogP contribution in [-0.4, -0.2) is 34.0 Å². The third kappa shape index (κ3) is 1.90. The van der Waals surface area contributed by atoms with Gasteiger partial charge >= 0.3 is 0 Å². The van der Waals surface area contributed by atoms with Crippen LogP contribution in [0.25, 0.3) is 16.6 Å². The Bertz CT molecular complexity index is 887. The van der Waals surface area contributed by atoms with Crippen molar-refractivity contribution >= 4 is 21.3 Å². The molecule has 0 amide bonds. The van der Waals surface area contributed by atoms with Crippen LogP contribution >= 0.6 is 0 Å². The van der Waals surface area contributed by atoms with E-state index in [9.17, 15) is 8.42 Å². The highest BCUT2D eigenvalue weighted by atomic mass is 32.2. The van der Waals surface area contributed by atoms with Gasteiger partial charge in [-0.25, -0.2) is 18.4 Å². The van der Waals surface area contributed by atoms with Crippen molar-refractivity contribution in [1.29, 1.82) is 0 Å². The molecule has 0 aromatic carbocycles. The minimum atomic E-state index is -3.47. The van der Waals surface area contributed by atoms with E-state index in [-0.39, 0.29) is 11.0 Å². The van der Waals surface area contributed by atoms with Crippen LogP contribution in [0, 0.1) is 0 Å². The fraction of sp³-hybridized carbons (Fsp3) is 0.0833. The number of hydrogen-bond donors (Lipinski definition) is 1. The molecule has 0 aliphatic heterocycles. The van der Waals surface area contributed by atoms with E-state index < -0.39 is 9.84 Å². The summed E-state index contributed by atoms with van der Waals surface area (Å²) in [6.07, 6.45) is 7.26. The molecule has 0 aliphatic rings. The molecule has 0 radical (unpaired) electrons. The molecule has 0 spiro atoms. The van der Waals surface area contributed by atoms with Crippen LogP contribution in [0.15, 0.2) is 42.1 Å². The molecule has 0 saturated heterocycles. The van der Waals surface area contributed by atoms with Crippen LogP contribution in [0.1, 0.15) is 0 Å². The molecule has 0 saturated carbocycles. The zero-order chi connectivity index (χ0) is 14.3. The van der Waals surface area contributed by atoms with Crippen molar-refractivity contribution < 1.29 is 8.42 Å². The smallest absolute Gasteiger partial charge is 0.206 e. The molecule has 0 unspecified atom stereocenters. The van der Waals surface area contributed by atoms with E-state index in [1.165, 1.54) is 16.9 Å². The van der Waals surface area contributed by atoms with Crippen molar-refractivity contribution in [3.05, 3.63) is 37.1 Å². The summed E-state index contributed by atoms with van der Waals surface area (Å²) in [7, 11) is -3.47.